The van der Waals surface area contributed by atoms with Crippen molar-refractivity contribution in [1.82, 2.24) is 4.98 Å². The molecule has 1 aromatic carbocycles. The SMILES string of the molecule is CC(Nc1ccc(Cl)c2cccnc12)C1CCOC1. The number of nitrogens with zero attached hydrogens (tertiary/aromatic N) is 1. The fraction of sp³-hybridized carbons (Fsp3) is 0.400. The van der Waals surface area contributed by atoms with Crippen LogP contribution in [0.5, 0.6) is 0 Å². The van der Waals surface area contributed by atoms with E-state index >= 15 is 0 Å². The van der Waals surface area contributed by atoms with Crippen molar-refractivity contribution in [2.45, 2.75) is 19.4 Å². The van der Waals surface area contributed by atoms with E-state index in [-0.39, 0.29) is 0 Å². The maximum Gasteiger partial charge on any atom is 0.0948 e. The molecule has 2 heterocycles. The van der Waals surface area contributed by atoms with Crippen molar-refractivity contribution in [1.29, 1.82) is 0 Å². The molecule has 1 aliphatic rings. The zero-order chi connectivity index (χ0) is 13.2. The predicted octanol–water partition coefficient (Wildman–Crippen LogP) is 3.73. The first-order valence-corrected chi connectivity index (χ1v) is 7.01. The van der Waals surface area contributed by atoms with Gasteiger partial charge in [0, 0.05) is 30.1 Å². The molecule has 100 valence electrons. The second-order valence-corrected chi connectivity index (χ2v) is 5.46. The van der Waals surface area contributed by atoms with Gasteiger partial charge in [-0.25, -0.2) is 0 Å². The number of benzene rings is 1. The molecule has 0 spiro atoms. The molecule has 1 N–H and O–H groups in total. The van der Waals surface area contributed by atoms with Gasteiger partial charge in [-0.2, -0.15) is 0 Å². The van der Waals surface area contributed by atoms with Crippen LogP contribution in [0.2, 0.25) is 5.02 Å². The average Bonchev–Trinajstić information content (AvgIpc) is 2.96. The number of rotatable bonds is 3. The van der Waals surface area contributed by atoms with Crippen LogP contribution >= 0.6 is 11.6 Å². The molecule has 19 heavy (non-hydrogen) atoms. The average molecular weight is 277 g/mol. The van der Waals surface area contributed by atoms with Gasteiger partial charge in [0.05, 0.1) is 22.8 Å². The minimum Gasteiger partial charge on any atom is -0.381 e. The smallest absolute Gasteiger partial charge is 0.0948 e. The molecule has 2 aromatic rings. The number of aromatic nitrogens is 1. The molecule has 1 saturated heterocycles. The first kappa shape index (κ1) is 12.7. The van der Waals surface area contributed by atoms with Crippen LogP contribution in [0.3, 0.4) is 0 Å². The molecule has 4 heteroatoms. The lowest BCUT2D eigenvalue weighted by Gasteiger charge is -2.21. The molecule has 0 saturated carbocycles. The topological polar surface area (TPSA) is 34.2 Å². The van der Waals surface area contributed by atoms with Gasteiger partial charge < -0.3 is 10.1 Å². The molecular formula is C15H17ClN2O. The quantitative estimate of drug-likeness (QED) is 0.928. The summed E-state index contributed by atoms with van der Waals surface area (Å²) in [4.78, 5) is 4.44. The summed E-state index contributed by atoms with van der Waals surface area (Å²) in [7, 11) is 0. The Morgan fingerprint density at radius 2 is 2.32 bits per heavy atom. The van der Waals surface area contributed by atoms with Crippen molar-refractivity contribution in [3.8, 4) is 0 Å². The van der Waals surface area contributed by atoms with Gasteiger partial charge in [0.25, 0.3) is 0 Å². The lowest BCUT2D eigenvalue weighted by molar-refractivity contribution is 0.183. The Bertz CT molecular complexity index is 581. The molecule has 0 amide bonds. The van der Waals surface area contributed by atoms with Crippen LogP contribution in [0.4, 0.5) is 5.69 Å². The highest BCUT2D eigenvalue weighted by Crippen LogP contribution is 2.29. The van der Waals surface area contributed by atoms with Gasteiger partial charge in [-0.1, -0.05) is 11.6 Å². The standard InChI is InChI=1S/C15H17ClN2O/c1-10(11-6-8-19-9-11)18-14-5-4-13(16)12-3-2-7-17-15(12)14/h2-5,7,10-11,18H,6,8-9H2,1H3. The monoisotopic (exact) mass is 276 g/mol. The molecule has 0 bridgehead atoms. The van der Waals surface area contributed by atoms with E-state index in [2.05, 4.69) is 17.2 Å². The van der Waals surface area contributed by atoms with Crippen LogP contribution in [-0.2, 0) is 4.74 Å². The molecular weight excluding hydrogens is 260 g/mol. The first-order chi connectivity index (χ1) is 9.25. The summed E-state index contributed by atoms with van der Waals surface area (Å²) in [6.45, 7) is 3.91. The highest BCUT2D eigenvalue weighted by atomic mass is 35.5. The number of ether oxygens (including phenoxy) is 1. The highest BCUT2D eigenvalue weighted by molar-refractivity contribution is 6.35. The lowest BCUT2D eigenvalue weighted by atomic mass is 10.0. The van der Waals surface area contributed by atoms with Gasteiger partial charge in [0.2, 0.25) is 0 Å². The van der Waals surface area contributed by atoms with E-state index in [1.54, 1.807) is 6.20 Å². The molecule has 1 fully saturated rings. The van der Waals surface area contributed by atoms with E-state index < -0.39 is 0 Å². The lowest BCUT2D eigenvalue weighted by Crippen LogP contribution is -2.26. The third-order valence-electron chi connectivity index (χ3n) is 3.77. The Morgan fingerprint density at radius 1 is 1.42 bits per heavy atom. The minimum absolute atomic E-state index is 0.369. The summed E-state index contributed by atoms with van der Waals surface area (Å²) < 4.78 is 5.45. The summed E-state index contributed by atoms with van der Waals surface area (Å²) in [5, 5.41) is 5.28. The van der Waals surface area contributed by atoms with Crippen LogP contribution in [0.15, 0.2) is 30.5 Å². The van der Waals surface area contributed by atoms with E-state index in [0.717, 1.165) is 41.2 Å². The number of pyridine rings is 1. The number of halogens is 1. The zero-order valence-corrected chi connectivity index (χ0v) is 11.7. The van der Waals surface area contributed by atoms with E-state index in [0.29, 0.717) is 12.0 Å². The second kappa shape index (κ2) is 5.35. The highest BCUT2D eigenvalue weighted by Gasteiger charge is 2.22. The fourth-order valence-electron chi connectivity index (χ4n) is 2.56. The Balaban J connectivity index is 1.90. The van der Waals surface area contributed by atoms with Crippen molar-refractivity contribution in [2.24, 2.45) is 5.92 Å². The Morgan fingerprint density at radius 3 is 3.11 bits per heavy atom. The number of hydrogen-bond donors (Lipinski definition) is 1. The summed E-state index contributed by atoms with van der Waals surface area (Å²) in [5.41, 5.74) is 1.97. The predicted molar refractivity (Wildman–Crippen MR) is 78.8 cm³/mol. The van der Waals surface area contributed by atoms with Crippen LogP contribution in [0.1, 0.15) is 13.3 Å². The largest absolute Gasteiger partial charge is 0.381 e. The Labute approximate surface area is 117 Å². The molecule has 1 aliphatic heterocycles. The summed E-state index contributed by atoms with van der Waals surface area (Å²) >= 11 is 6.20. The number of anilines is 1. The molecule has 2 unspecified atom stereocenters. The number of nitrogens with one attached hydrogen (secondary N) is 1. The third-order valence-corrected chi connectivity index (χ3v) is 4.10. The van der Waals surface area contributed by atoms with Crippen LogP contribution in [-0.4, -0.2) is 24.2 Å². The minimum atomic E-state index is 0.369. The van der Waals surface area contributed by atoms with Crippen LogP contribution in [0, 0.1) is 5.92 Å². The zero-order valence-electron chi connectivity index (χ0n) is 10.9. The molecule has 2 atom stereocenters. The maximum atomic E-state index is 6.20. The van der Waals surface area contributed by atoms with Crippen molar-refractivity contribution < 1.29 is 4.74 Å². The van der Waals surface area contributed by atoms with E-state index in [9.17, 15) is 0 Å². The second-order valence-electron chi connectivity index (χ2n) is 5.05. The van der Waals surface area contributed by atoms with E-state index in [4.69, 9.17) is 16.3 Å². The van der Waals surface area contributed by atoms with E-state index in [1.807, 2.05) is 24.3 Å². The molecule has 3 nitrogen and oxygen atoms in total. The van der Waals surface area contributed by atoms with Crippen molar-refractivity contribution in [3.63, 3.8) is 0 Å². The van der Waals surface area contributed by atoms with Gasteiger partial charge in [-0.05, 0) is 37.6 Å². The van der Waals surface area contributed by atoms with Crippen molar-refractivity contribution in [3.05, 3.63) is 35.5 Å². The normalized spacial score (nSPS) is 20.6. The van der Waals surface area contributed by atoms with Crippen molar-refractivity contribution >= 4 is 28.2 Å². The summed E-state index contributed by atoms with van der Waals surface area (Å²) in [6.07, 6.45) is 2.92. The van der Waals surface area contributed by atoms with Crippen LogP contribution < -0.4 is 5.32 Å². The van der Waals surface area contributed by atoms with Gasteiger partial charge >= 0.3 is 0 Å². The molecule has 3 rings (SSSR count). The Kier molecular flexibility index (Phi) is 3.58. The van der Waals surface area contributed by atoms with Gasteiger partial charge in [0.1, 0.15) is 0 Å². The summed E-state index contributed by atoms with van der Waals surface area (Å²) in [5.74, 6) is 0.564. The van der Waals surface area contributed by atoms with Gasteiger partial charge in [-0.3, -0.25) is 4.98 Å². The number of fused-ring (bicyclic) bond motifs is 1. The first-order valence-electron chi connectivity index (χ1n) is 6.63. The molecule has 0 radical (unpaired) electrons. The summed E-state index contributed by atoms with van der Waals surface area (Å²) in [6, 6.07) is 8.20. The van der Waals surface area contributed by atoms with Crippen LogP contribution in [0.25, 0.3) is 10.9 Å². The van der Waals surface area contributed by atoms with Crippen molar-refractivity contribution in [2.75, 3.05) is 18.5 Å². The Hall–Kier alpha value is -1.32. The number of hydrogen-bond acceptors (Lipinski definition) is 3. The van der Waals surface area contributed by atoms with E-state index in [1.165, 1.54) is 0 Å². The fourth-order valence-corrected chi connectivity index (χ4v) is 2.78. The maximum absolute atomic E-state index is 6.20. The molecule has 0 aliphatic carbocycles. The van der Waals surface area contributed by atoms with Gasteiger partial charge in [0.15, 0.2) is 0 Å². The molecule has 1 aromatic heterocycles. The third kappa shape index (κ3) is 2.53. The van der Waals surface area contributed by atoms with Gasteiger partial charge in [-0.15, -0.1) is 0 Å².